The number of piperazine rings is 2. The molecule has 3 heterocycles. The molecule has 0 atom stereocenters. The Kier molecular flexibility index (Phi) is 8.01. The Morgan fingerprint density at radius 3 is 1.69 bits per heavy atom. The van der Waals surface area contributed by atoms with Crippen molar-refractivity contribution < 1.29 is 4.92 Å². The standard InChI is InChI=1S/C33H37N7O2/c1-25-10-9-15-29(26(25)2)36-16-20-38(21-17-36)32-31(40(41)42)33(35-24-34-32)39-22-18-37(19-23-39)30(27-11-5-3-6-12-27)28-13-7-4-8-14-28/h3-15,24,30H,16-23H2,1-2H3. The number of rotatable bonds is 7. The van der Waals surface area contributed by atoms with Gasteiger partial charge in [0.05, 0.1) is 11.0 Å². The number of aromatic nitrogens is 2. The maximum atomic E-state index is 12.5. The molecule has 0 N–H and O–H groups in total. The fourth-order valence-corrected chi connectivity index (χ4v) is 6.30. The number of anilines is 3. The largest absolute Gasteiger partial charge is 0.368 e. The Morgan fingerprint density at radius 1 is 0.667 bits per heavy atom. The third-order valence-corrected chi connectivity index (χ3v) is 8.67. The van der Waals surface area contributed by atoms with E-state index in [2.05, 4.69) is 105 Å². The van der Waals surface area contributed by atoms with E-state index in [4.69, 9.17) is 0 Å². The van der Waals surface area contributed by atoms with Gasteiger partial charge in [0.25, 0.3) is 0 Å². The molecule has 0 spiro atoms. The van der Waals surface area contributed by atoms with Crippen LogP contribution in [-0.2, 0) is 0 Å². The molecule has 2 aliphatic heterocycles. The van der Waals surface area contributed by atoms with Crippen LogP contribution >= 0.6 is 0 Å². The first-order valence-electron chi connectivity index (χ1n) is 14.7. The fourth-order valence-electron chi connectivity index (χ4n) is 6.30. The minimum absolute atomic E-state index is 0.00815. The third-order valence-electron chi connectivity index (χ3n) is 8.67. The van der Waals surface area contributed by atoms with E-state index in [9.17, 15) is 10.1 Å². The lowest BCUT2D eigenvalue weighted by atomic mass is 9.96. The summed E-state index contributed by atoms with van der Waals surface area (Å²) in [5.41, 5.74) is 6.27. The lowest BCUT2D eigenvalue weighted by Crippen LogP contribution is -2.49. The SMILES string of the molecule is Cc1cccc(N2CCN(c3ncnc(N4CCN(C(c5ccccc5)c5ccccc5)CC4)c3[N+](=O)[O-])CC2)c1C. The molecular formula is C33H37N7O2. The van der Waals surface area contributed by atoms with E-state index in [0.29, 0.717) is 37.8 Å². The maximum absolute atomic E-state index is 12.5. The fraction of sp³-hybridized carbons (Fsp3) is 0.333. The van der Waals surface area contributed by atoms with Crippen molar-refractivity contribution in [3.05, 3.63) is 118 Å². The van der Waals surface area contributed by atoms with Crippen LogP contribution in [0.4, 0.5) is 23.0 Å². The summed E-state index contributed by atoms with van der Waals surface area (Å²) in [5.74, 6) is 0.831. The number of hydrogen-bond acceptors (Lipinski definition) is 8. The lowest BCUT2D eigenvalue weighted by Gasteiger charge is -2.40. The summed E-state index contributed by atoms with van der Waals surface area (Å²) in [5, 5.41) is 12.5. The van der Waals surface area contributed by atoms with Gasteiger partial charge >= 0.3 is 5.69 Å². The Bertz CT molecular complexity index is 1480. The predicted octanol–water partition coefficient (Wildman–Crippen LogP) is 5.24. The molecule has 9 nitrogen and oxygen atoms in total. The van der Waals surface area contributed by atoms with Gasteiger partial charge in [-0.3, -0.25) is 15.0 Å². The van der Waals surface area contributed by atoms with E-state index in [1.165, 1.54) is 34.3 Å². The highest BCUT2D eigenvalue weighted by molar-refractivity contribution is 5.72. The zero-order valence-corrected chi connectivity index (χ0v) is 24.3. The van der Waals surface area contributed by atoms with Gasteiger partial charge in [0, 0.05) is 58.0 Å². The Balaban J connectivity index is 1.20. The van der Waals surface area contributed by atoms with Gasteiger partial charge in [-0.1, -0.05) is 72.8 Å². The molecule has 3 aromatic carbocycles. The van der Waals surface area contributed by atoms with Crippen LogP contribution in [0.1, 0.15) is 28.3 Å². The average Bonchev–Trinajstić information content (AvgIpc) is 3.04. The molecular weight excluding hydrogens is 526 g/mol. The van der Waals surface area contributed by atoms with Crippen molar-refractivity contribution in [1.29, 1.82) is 0 Å². The minimum Gasteiger partial charge on any atom is -0.368 e. The molecule has 2 aliphatic rings. The van der Waals surface area contributed by atoms with E-state index in [0.717, 1.165) is 26.2 Å². The Morgan fingerprint density at radius 2 is 1.17 bits per heavy atom. The molecule has 0 aliphatic carbocycles. The molecule has 0 radical (unpaired) electrons. The van der Waals surface area contributed by atoms with Crippen LogP contribution in [0.15, 0.2) is 85.2 Å². The van der Waals surface area contributed by atoms with Crippen molar-refractivity contribution in [3.63, 3.8) is 0 Å². The quantitative estimate of drug-likeness (QED) is 0.223. The highest BCUT2D eigenvalue weighted by Gasteiger charge is 2.34. The summed E-state index contributed by atoms with van der Waals surface area (Å²) in [6.07, 6.45) is 1.48. The van der Waals surface area contributed by atoms with Crippen molar-refractivity contribution in [1.82, 2.24) is 14.9 Å². The minimum atomic E-state index is -0.301. The average molecular weight is 564 g/mol. The maximum Gasteiger partial charge on any atom is 0.353 e. The van der Waals surface area contributed by atoms with Gasteiger partial charge in [-0.2, -0.15) is 0 Å². The number of nitro groups is 1. The highest BCUT2D eigenvalue weighted by Crippen LogP contribution is 2.37. The normalized spacial score (nSPS) is 16.2. The molecule has 42 heavy (non-hydrogen) atoms. The summed E-state index contributed by atoms with van der Waals surface area (Å²) < 4.78 is 0. The van der Waals surface area contributed by atoms with Crippen LogP contribution in [0.2, 0.25) is 0 Å². The van der Waals surface area contributed by atoms with Gasteiger partial charge in [0.2, 0.25) is 11.6 Å². The van der Waals surface area contributed by atoms with Crippen molar-refractivity contribution in [2.24, 2.45) is 0 Å². The Hall–Kier alpha value is -4.50. The second-order valence-corrected chi connectivity index (χ2v) is 11.1. The summed E-state index contributed by atoms with van der Waals surface area (Å²) in [6.45, 7) is 9.98. The summed E-state index contributed by atoms with van der Waals surface area (Å²) >= 11 is 0. The van der Waals surface area contributed by atoms with Gasteiger partial charge in [-0.05, 0) is 42.2 Å². The summed E-state index contributed by atoms with van der Waals surface area (Å²) in [4.78, 5) is 30.0. The van der Waals surface area contributed by atoms with E-state index >= 15 is 0 Å². The molecule has 216 valence electrons. The summed E-state index contributed by atoms with van der Waals surface area (Å²) in [6, 6.07) is 27.6. The molecule has 6 rings (SSSR count). The summed E-state index contributed by atoms with van der Waals surface area (Å²) in [7, 11) is 0. The first-order chi connectivity index (χ1) is 20.5. The second-order valence-electron chi connectivity index (χ2n) is 11.1. The van der Waals surface area contributed by atoms with Crippen LogP contribution in [0.25, 0.3) is 0 Å². The highest BCUT2D eigenvalue weighted by atomic mass is 16.6. The van der Waals surface area contributed by atoms with Crippen LogP contribution in [0, 0.1) is 24.0 Å². The van der Waals surface area contributed by atoms with E-state index < -0.39 is 0 Å². The molecule has 9 heteroatoms. The predicted molar refractivity (Wildman–Crippen MR) is 168 cm³/mol. The molecule has 0 amide bonds. The first-order valence-corrected chi connectivity index (χ1v) is 14.7. The first kappa shape index (κ1) is 27.7. The number of nitrogens with zero attached hydrogens (tertiary/aromatic N) is 7. The molecule has 0 unspecified atom stereocenters. The molecule has 4 aromatic rings. The molecule has 2 saturated heterocycles. The van der Waals surface area contributed by atoms with Gasteiger partial charge in [0.15, 0.2) is 0 Å². The monoisotopic (exact) mass is 563 g/mol. The van der Waals surface area contributed by atoms with Gasteiger partial charge in [0.1, 0.15) is 6.33 Å². The van der Waals surface area contributed by atoms with Gasteiger partial charge < -0.3 is 14.7 Å². The molecule has 0 bridgehead atoms. The van der Waals surface area contributed by atoms with Crippen LogP contribution < -0.4 is 14.7 Å². The van der Waals surface area contributed by atoms with E-state index in [-0.39, 0.29) is 16.7 Å². The lowest BCUT2D eigenvalue weighted by molar-refractivity contribution is -0.383. The molecule has 1 aromatic heterocycles. The zero-order valence-electron chi connectivity index (χ0n) is 24.3. The topological polar surface area (TPSA) is 81.9 Å². The zero-order chi connectivity index (χ0) is 29.1. The number of aryl methyl sites for hydroxylation is 1. The number of hydrogen-bond donors (Lipinski definition) is 0. The van der Waals surface area contributed by atoms with Crippen molar-refractivity contribution in [2.75, 3.05) is 67.1 Å². The van der Waals surface area contributed by atoms with E-state index in [1.54, 1.807) is 0 Å². The van der Waals surface area contributed by atoms with Gasteiger partial charge in [-0.15, -0.1) is 0 Å². The van der Waals surface area contributed by atoms with Crippen LogP contribution in [-0.4, -0.2) is 72.1 Å². The van der Waals surface area contributed by atoms with Crippen molar-refractivity contribution in [2.45, 2.75) is 19.9 Å². The smallest absolute Gasteiger partial charge is 0.353 e. The molecule has 0 saturated carbocycles. The van der Waals surface area contributed by atoms with Crippen LogP contribution in [0.5, 0.6) is 0 Å². The van der Waals surface area contributed by atoms with Crippen molar-refractivity contribution >= 4 is 23.0 Å². The van der Waals surface area contributed by atoms with E-state index in [1.807, 2.05) is 17.0 Å². The third kappa shape index (κ3) is 5.52. The Labute approximate surface area is 247 Å². The second kappa shape index (κ2) is 12.2. The van der Waals surface area contributed by atoms with Gasteiger partial charge in [-0.25, -0.2) is 9.97 Å². The van der Waals surface area contributed by atoms with Crippen molar-refractivity contribution in [3.8, 4) is 0 Å². The number of benzene rings is 3. The molecule has 2 fully saturated rings. The van der Waals surface area contributed by atoms with Crippen LogP contribution in [0.3, 0.4) is 0 Å².